The Morgan fingerprint density at radius 1 is 0.957 bits per heavy atom. The van der Waals surface area contributed by atoms with E-state index in [9.17, 15) is 8.42 Å². The maximum Gasteiger partial charge on any atom is 0.241 e. The molecule has 0 aromatic heterocycles. The van der Waals surface area contributed by atoms with Gasteiger partial charge in [0.1, 0.15) is 0 Å². The lowest BCUT2D eigenvalue weighted by molar-refractivity contribution is 0.269. The molecule has 0 atom stereocenters. The van der Waals surface area contributed by atoms with Crippen molar-refractivity contribution < 1.29 is 8.42 Å². The van der Waals surface area contributed by atoms with E-state index in [0.717, 1.165) is 21.7 Å². The molecule has 0 aliphatic carbocycles. The lowest BCUT2D eigenvalue weighted by atomic mass is 9.82. The number of rotatable bonds is 4. The molecular weight excluding hydrogens is 374 g/mol. The summed E-state index contributed by atoms with van der Waals surface area (Å²) in [7, 11) is -3.60. The van der Waals surface area contributed by atoms with Crippen LogP contribution in [0, 0.1) is 5.41 Å². The lowest BCUT2D eigenvalue weighted by Crippen LogP contribution is -2.45. The van der Waals surface area contributed by atoms with Crippen molar-refractivity contribution in [2.24, 2.45) is 5.41 Å². The first-order valence-electron chi connectivity index (χ1n) is 7.63. The molecule has 0 amide bonds. The predicted octanol–water partition coefficient (Wildman–Crippen LogP) is 5.10. The van der Waals surface area contributed by atoms with E-state index in [1.165, 1.54) is 0 Å². The number of hydrogen-bond donors (Lipinski definition) is 1. The fourth-order valence-corrected chi connectivity index (χ4v) is 5.35. The molecule has 0 spiro atoms. The summed E-state index contributed by atoms with van der Waals surface area (Å²) in [5, 5.41) is 1.62. The number of halogens is 1. The monoisotopic (exact) mass is 397 g/mol. The number of nitrogens with one attached hydrogen (secondary N) is 1. The highest BCUT2D eigenvalue weighted by Crippen LogP contribution is 2.32. The molecule has 3 nitrogen and oxygen atoms in total. The summed E-state index contributed by atoms with van der Waals surface area (Å²) in [5.41, 5.74) is -0.487. The second-order valence-corrected chi connectivity index (χ2v) is 10.3. The molecule has 1 N–H and O–H groups in total. The Hall–Kier alpha value is -0.910. The molecule has 0 bridgehead atoms. The van der Waals surface area contributed by atoms with Gasteiger partial charge in [-0.1, -0.05) is 61.0 Å². The maximum absolute atomic E-state index is 12.9. The number of hydrogen-bond acceptors (Lipinski definition) is 2. The van der Waals surface area contributed by atoms with Crippen molar-refractivity contribution in [2.45, 2.75) is 51.5 Å². The Bertz CT molecular complexity index is 821. The van der Waals surface area contributed by atoms with Crippen LogP contribution in [-0.4, -0.2) is 14.0 Å². The first-order valence-corrected chi connectivity index (χ1v) is 9.90. The zero-order valence-electron chi connectivity index (χ0n) is 14.3. The molecule has 0 fully saturated rings. The summed E-state index contributed by atoms with van der Waals surface area (Å²) in [5.74, 6) is 0. The Morgan fingerprint density at radius 3 is 2.09 bits per heavy atom. The standard InChI is InChI=1S/C18H24BrNO2S/c1-17(2,3)12-18(4,5)20-23(21,22)16-11-10-15(19)13-8-6-7-9-14(13)16/h6-11,20H,12H2,1-5H3. The predicted molar refractivity (Wildman–Crippen MR) is 100 cm³/mol. The topological polar surface area (TPSA) is 46.2 Å². The minimum Gasteiger partial charge on any atom is -0.207 e. The van der Waals surface area contributed by atoms with Gasteiger partial charge in [0, 0.05) is 15.4 Å². The van der Waals surface area contributed by atoms with E-state index in [0.29, 0.717) is 4.90 Å². The highest BCUT2D eigenvalue weighted by molar-refractivity contribution is 9.10. The van der Waals surface area contributed by atoms with E-state index in [4.69, 9.17) is 0 Å². The van der Waals surface area contributed by atoms with Crippen LogP contribution in [-0.2, 0) is 10.0 Å². The van der Waals surface area contributed by atoms with E-state index < -0.39 is 15.6 Å². The molecule has 0 unspecified atom stereocenters. The Kier molecular flexibility index (Phi) is 4.96. The van der Waals surface area contributed by atoms with Crippen molar-refractivity contribution in [3.05, 3.63) is 40.9 Å². The SMILES string of the molecule is CC(C)(C)CC(C)(C)NS(=O)(=O)c1ccc(Br)c2ccccc12. The molecule has 2 aromatic carbocycles. The van der Waals surface area contributed by atoms with Crippen LogP contribution in [0.25, 0.3) is 10.8 Å². The third-order valence-corrected chi connectivity index (χ3v) is 5.95. The molecular formula is C18H24BrNO2S. The number of sulfonamides is 1. The van der Waals surface area contributed by atoms with Crippen molar-refractivity contribution in [2.75, 3.05) is 0 Å². The van der Waals surface area contributed by atoms with Crippen molar-refractivity contribution in [3.63, 3.8) is 0 Å². The molecule has 0 aliphatic heterocycles. The normalized spacial score (nSPS) is 13.5. The van der Waals surface area contributed by atoms with Gasteiger partial charge in [0.25, 0.3) is 0 Å². The van der Waals surface area contributed by atoms with Crippen molar-refractivity contribution in [1.29, 1.82) is 0 Å². The summed E-state index contributed by atoms with van der Waals surface area (Å²) < 4.78 is 29.6. The van der Waals surface area contributed by atoms with Gasteiger partial charge in [0.05, 0.1) is 4.90 Å². The zero-order valence-corrected chi connectivity index (χ0v) is 16.7. The molecule has 2 aromatic rings. The van der Waals surface area contributed by atoms with E-state index >= 15 is 0 Å². The van der Waals surface area contributed by atoms with Gasteiger partial charge in [0.2, 0.25) is 10.0 Å². The van der Waals surface area contributed by atoms with Crippen LogP contribution < -0.4 is 4.72 Å². The molecule has 0 radical (unpaired) electrons. The van der Waals surface area contributed by atoms with Gasteiger partial charge >= 0.3 is 0 Å². The number of fused-ring (bicyclic) bond motifs is 1. The minimum atomic E-state index is -3.60. The molecule has 0 saturated carbocycles. The smallest absolute Gasteiger partial charge is 0.207 e. The average molecular weight is 398 g/mol. The van der Waals surface area contributed by atoms with Crippen LogP contribution in [0.1, 0.15) is 41.0 Å². The quantitative estimate of drug-likeness (QED) is 0.779. The van der Waals surface area contributed by atoms with Crippen molar-refractivity contribution in [1.82, 2.24) is 4.72 Å². The maximum atomic E-state index is 12.9. The third-order valence-electron chi connectivity index (χ3n) is 3.50. The minimum absolute atomic E-state index is 0.0355. The van der Waals surface area contributed by atoms with Gasteiger partial charge in [-0.05, 0) is 43.2 Å². The van der Waals surface area contributed by atoms with Crippen LogP contribution >= 0.6 is 15.9 Å². The second-order valence-electron chi connectivity index (χ2n) is 7.82. The molecule has 0 saturated heterocycles. The summed E-state index contributed by atoms with van der Waals surface area (Å²) in [4.78, 5) is 0.318. The molecule has 2 rings (SSSR count). The number of benzene rings is 2. The van der Waals surface area contributed by atoms with Crippen LogP contribution in [0.15, 0.2) is 45.8 Å². The second kappa shape index (κ2) is 6.19. The molecule has 0 aliphatic rings. The van der Waals surface area contributed by atoms with Crippen LogP contribution in [0.4, 0.5) is 0 Å². The Balaban J connectivity index is 2.47. The van der Waals surface area contributed by atoms with E-state index in [2.05, 4.69) is 41.4 Å². The first kappa shape index (κ1) is 18.4. The molecule has 5 heteroatoms. The molecule has 0 heterocycles. The fourth-order valence-electron chi connectivity index (χ4n) is 3.25. The van der Waals surface area contributed by atoms with Gasteiger partial charge in [-0.25, -0.2) is 13.1 Å². The van der Waals surface area contributed by atoms with Gasteiger partial charge < -0.3 is 0 Å². The lowest BCUT2D eigenvalue weighted by Gasteiger charge is -2.33. The van der Waals surface area contributed by atoms with Crippen molar-refractivity contribution >= 4 is 36.7 Å². The van der Waals surface area contributed by atoms with E-state index in [1.54, 1.807) is 12.1 Å². The Labute approximate surface area is 147 Å². The van der Waals surface area contributed by atoms with Crippen LogP contribution in [0.5, 0.6) is 0 Å². The average Bonchev–Trinajstić information content (AvgIpc) is 2.34. The highest BCUT2D eigenvalue weighted by atomic mass is 79.9. The summed E-state index contributed by atoms with van der Waals surface area (Å²) in [6.07, 6.45) is 0.744. The highest BCUT2D eigenvalue weighted by Gasteiger charge is 2.31. The van der Waals surface area contributed by atoms with Crippen molar-refractivity contribution in [3.8, 4) is 0 Å². The molecule has 126 valence electrons. The fraction of sp³-hybridized carbons (Fsp3) is 0.444. The summed E-state index contributed by atoms with van der Waals surface area (Å²) in [6, 6.07) is 11.0. The summed E-state index contributed by atoms with van der Waals surface area (Å²) >= 11 is 3.48. The summed E-state index contributed by atoms with van der Waals surface area (Å²) in [6.45, 7) is 10.2. The van der Waals surface area contributed by atoms with Crippen LogP contribution in [0.2, 0.25) is 0 Å². The van der Waals surface area contributed by atoms with E-state index in [1.807, 2.05) is 38.1 Å². The van der Waals surface area contributed by atoms with Gasteiger partial charge in [-0.2, -0.15) is 0 Å². The van der Waals surface area contributed by atoms with Gasteiger partial charge in [0.15, 0.2) is 0 Å². The van der Waals surface area contributed by atoms with Gasteiger partial charge in [-0.3, -0.25) is 0 Å². The Morgan fingerprint density at radius 2 is 1.52 bits per heavy atom. The first-order chi connectivity index (χ1) is 10.4. The van der Waals surface area contributed by atoms with E-state index in [-0.39, 0.29) is 5.41 Å². The molecule has 23 heavy (non-hydrogen) atoms. The van der Waals surface area contributed by atoms with Crippen LogP contribution in [0.3, 0.4) is 0 Å². The largest absolute Gasteiger partial charge is 0.241 e. The van der Waals surface area contributed by atoms with Gasteiger partial charge in [-0.15, -0.1) is 0 Å². The zero-order chi connectivity index (χ0) is 17.5. The third kappa shape index (κ3) is 4.55.